The van der Waals surface area contributed by atoms with Crippen LogP contribution < -0.4 is 5.32 Å². The maximum Gasteiger partial charge on any atom is 0.416 e. The summed E-state index contributed by atoms with van der Waals surface area (Å²) in [6, 6.07) is 4.06. The number of rotatable bonds is 5. The molecule has 0 aliphatic carbocycles. The van der Waals surface area contributed by atoms with Crippen molar-refractivity contribution in [2.75, 3.05) is 18.9 Å². The zero-order valence-electron chi connectivity index (χ0n) is 14.0. The van der Waals surface area contributed by atoms with Crippen LogP contribution in [0.5, 0.6) is 0 Å². The summed E-state index contributed by atoms with van der Waals surface area (Å²) in [5, 5.41) is 15.3. The first-order chi connectivity index (χ1) is 12.1. The maximum absolute atomic E-state index is 12.8. The molecule has 10 heteroatoms. The molecule has 0 saturated heterocycles. The molecule has 1 atom stereocenters. The van der Waals surface area contributed by atoms with Gasteiger partial charge in [0.2, 0.25) is 0 Å². The highest BCUT2D eigenvalue weighted by molar-refractivity contribution is 5.89. The Kier molecular flexibility index (Phi) is 5.53. The average Bonchev–Trinajstić information content (AvgIpc) is 3.02. The van der Waals surface area contributed by atoms with E-state index in [-0.39, 0.29) is 17.9 Å². The fourth-order valence-corrected chi connectivity index (χ4v) is 2.14. The van der Waals surface area contributed by atoms with Crippen molar-refractivity contribution in [1.29, 1.82) is 0 Å². The van der Waals surface area contributed by atoms with Crippen LogP contribution in [0.3, 0.4) is 0 Å². The van der Waals surface area contributed by atoms with E-state index in [1.807, 2.05) is 0 Å². The molecule has 1 unspecified atom stereocenters. The maximum atomic E-state index is 12.8. The highest BCUT2D eigenvalue weighted by Crippen LogP contribution is 2.30. The molecule has 140 valence electrons. The minimum absolute atomic E-state index is 0.00291. The summed E-state index contributed by atoms with van der Waals surface area (Å²) >= 11 is 0. The van der Waals surface area contributed by atoms with Gasteiger partial charge in [0.05, 0.1) is 35.2 Å². The number of carbonyl (C=O) groups excluding carboxylic acids is 1. The predicted molar refractivity (Wildman–Crippen MR) is 87.0 cm³/mol. The lowest BCUT2D eigenvalue weighted by molar-refractivity contribution is -0.141. The Morgan fingerprint density at radius 1 is 1.38 bits per heavy atom. The second-order valence-electron chi connectivity index (χ2n) is 5.77. The van der Waals surface area contributed by atoms with Gasteiger partial charge in [-0.2, -0.15) is 18.3 Å². The zero-order valence-corrected chi connectivity index (χ0v) is 14.0. The molecule has 2 N–H and O–H groups in total. The number of urea groups is 1. The van der Waals surface area contributed by atoms with E-state index in [9.17, 15) is 22.8 Å². The van der Waals surface area contributed by atoms with Gasteiger partial charge in [-0.1, -0.05) is 13.0 Å². The van der Waals surface area contributed by atoms with E-state index in [2.05, 4.69) is 10.4 Å². The minimum Gasteiger partial charge on any atom is -0.481 e. The van der Waals surface area contributed by atoms with Crippen molar-refractivity contribution in [2.45, 2.75) is 13.1 Å². The first-order valence-electron chi connectivity index (χ1n) is 7.55. The van der Waals surface area contributed by atoms with Crippen LogP contribution in [0.2, 0.25) is 0 Å². The molecule has 1 heterocycles. The Morgan fingerprint density at radius 2 is 2.08 bits per heavy atom. The fourth-order valence-electron chi connectivity index (χ4n) is 2.14. The van der Waals surface area contributed by atoms with E-state index < -0.39 is 29.7 Å². The molecule has 0 saturated carbocycles. The van der Waals surface area contributed by atoms with E-state index in [0.717, 1.165) is 12.1 Å². The standard InChI is InChI=1S/C16H17F3N4O3/c1-10(14(24)25)8-22(2)15(26)21-12-7-20-23(9-12)13-5-3-4-11(6-13)16(17,18)19/h3-7,9-10H,8H2,1-2H3,(H,21,26)(H,24,25). The first-order valence-corrected chi connectivity index (χ1v) is 7.55. The quantitative estimate of drug-likeness (QED) is 0.847. The van der Waals surface area contributed by atoms with Gasteiger partial charge >= 0.3 is 18.2 Å². The van der Waals surface area contributed by atoms with Crippen LogP contribution in [0.4, 0.5) is 23.7 Å². The lowest BCUT2D eigenvalue weighted by atomic mass is 10.2. The fraction of sp³-hybridized carbons (Fsp3) is 0.312. The molecular formula is C16H17F3N4O3. The molecule has 0 aliphatic heterocycles. The topological polar surface area (TPSA) is 87.5 Å². The summed E-state index contributed by atoms with van der Waals surface area (Å²) in [6.07, 6.45) is -1.82. The summed E-state index contributed by atoms with van der Waals surface area (Å²) in [5.74, 6) is -1.76. The molecule has 26 heavy (non-hydrogen) atoms. The van der Waals surface area contributed by atoms with Gasteiger partial charge in [0, 0.05) is 13.6 Å². The largest absolute Gasteiger partial charge is 0.481 e. The van der Waals surface area contributed by atoms with Gasteiger partial charge in [-0.15, -0.1) is 0 Å². The molecule has 0 spiro atoms. The number of nitrogens with one attached hydrogen (secondary N) is 1. The number of aromatic nitrogens is 2. The van der Waals surface area contributed by atoms with E-state index in [1.165, 1.54) is 48.1 Å². The molecule has 2 rings (SSSR count). The molecule has 0 radical (unpaired) electrons. The number of aliphatic carboxylic acids is 1. The molecule has 7 nitrogen and oxygen atoms in total. The lowest BCUT2D eigenvalue weighted by Crippen LogP contribution is -2.36. The number of hydrogen-bond acceptors (Lipinski definition) is 3. The van der Waals surface area contributed by atoms with Crippen molar-refractivity contribution in [2.24, 2.45) is 5.92 Å². The predicted octanol–water partition coefficient (Wildman–Crippen LogP) is 3.08. The van der Waals surface area contributed by atoms with E-state index in [4.69, 9.17) is 5.11 Å². The highest BCUT2D eigenvalue weighted by atomic mass is 19.4. The minimum atomic E-state index is -4.47. The second kappa shape index (κ2) is 7.46. The SMILES string of the molecule is CC(CN(C)C(=O)Nc1cnn(-c2cccc(C(F)(F)F)c2)c1)C(=O)O. The van der Waals surface area contributed by atoms with Crippen LogP contribution in [-0.2, 0) is 11.0 Å². The summed E-state index contributed by atoms with van der Waals surface area (Å²) < 4.78 is 39.5. The number of carbonyl (C=O) groups is 2. The number of nitrogens with zero attached hydrogens (tertiary/aromatic N) is 3. The highest BCUT2D eigenvalue weighted by Gasteiger charge is 2.30. The van der Waals surface area contributed by atoms with Crippen LogP contribution in [0.15, 0.2) is 36.7 Å². The third-order valence-electron chi connectivity index (χ3n) is 3.59. The van der Waals surface area contributed by atoms with Gasteiger partial charge in [0.1, 0.15) is 0 Å². The van der Waals surface area contributed by atoms with E-state index in [0.29, 0.717) is 0 Å². The van der Waals surface area contributed by atoms with Crippen LogP contribution in [-0.4, -0.2) is 45.4 Å². The third-order valence-corrected chi connectivity index (χ3v) is 3.59. The van der Waals surface area contributed by atoms with Gasteiger partial charge in [-0.05, 0) is 18.2 Å². The number of hydrogen-bond donors (Lipinski definition) is 2. The van der Waals surface area contributed by atoms with Gasteiger partial charge in [-0.25, -0.2) is 9.48 Å². The Balaban J connectivity index is 2.08. The normalized spacial score (nSPS) is 12.5. The summed E-state index contributed by atoms with van der Waals surface area (Å²) in [6.45, 7) is 1.47. The number of carboxylic acids is 1. The van der Waals surface area contributed by atoms with Crippen LogP contribution in [0, 0.1) is 5.92 Å². The average molecular weight is 370 g/mol. The molecule has 1 aromatic carbocycles. The van der Waals surface area contributed by atoms with Crippen LogP contribution >= 0.6 is 0 Å². The van der Waals surface area contributed by atoms with Crippen LogP contribution in [0.1, 0.15) is 12.5 Å². The third kappa shape index (κ3) is 4.74. The van der Waals surface area contributed by atoms with Crippen LogP contribution in [0.25, 0.3) is 5.69 Å². The van der Waals surface area contributed by atoms with E-state index in [1.54, 1.807) is 0 Å². The summed E-state index contributed by atoms with van der Waals surface area (Å²) in [5.41, 5.74) is -0.353. The monoisotopic (exact) mass is 370 g/mol. The zero-order chi connectivity index (χ0) is 19.5. The molecule has 0 bridgehead atoms. The molecular weight excluding hydrogens is 353 g/mol. The Labute approximate surface area is 147 Å². The van der Waals surface area contributed by atoms with E-state index >= 15 is 0 Å². The number of anilines is 1. The molecule has 2 amide bonds. The Hall–Kier alpha value is -3.04. The van der Waals surface area contributed by atoms with Gasteiger partial charge < -0.3 is 15.3 Å². The smallest absolute Gasteiger partial charge is 0.416 e. The molecule has 0 fully saturated rings. The van der Waals surface area contributed by atoms with Crippen molar-refractivity contribution in [3.8, 4) is 5.69 Å². The van der Waals surface area contributed by atoms with Crippen molar-refractivity contribution in [1.82, 2.24) is 14.7 Å². The lowest BCUT2D eigenvalue weighted by Gasteiger charge is -2.19. The molecule has 0 aliphatic rings. The summed E-state index contributed by atoms with van der Waals surface area (Å²) in [4.78, 5) is 24.1. The number of halogens is 3. The van der Waals surface area contributed by atoms with Gasteiger partial charge in [-0.3, -0.25) is 4.79 Å². The van der Waals surface area contributed by atoms with Gasteiger partial charge in [0.15, 0.2) is 0 Å². The molecule has 1 aromatic heterocycles. The number of carboxylic acid groups (broad SMARTS) is 1. The number of benzene rings is 1. The first kappa shape index (κ1) is 19.3. The Morgan fingerprint density at radius 3 is 2.69 bits per heavy atom. The van der Waals surface area contributed by atoms with Crippen molar-refractivity contribution >= 4 is 17.7 Å². The van der Waals surface area contributed by atoms with Crippen molar-refractivity contribution in [3.05, 3.63) is 42.2 Å². The summed E-state index contributed by atoms with van der Waals surface area (Å²) in [7, 11) is 1.44. The number of amides is 2. The molecule has 2 aromatic rings. The number of alkyl halides is 3. The van der Waals surface area contributed by atoms with Gasteiger partial charge in [0.25, 0.3) is 0 Å². The van der Waals surface area contributed by atoms with Crippen molar-refractivity contribution < 1.29 is 27.9 Å². The van der Waals surface area contributed by atoms with Crippen molar-refractivity contribution in [3.63, 3.8) is 0 Å². The Bertz CT molecular complexity index is 804. The second-order valence-corrected chi connectivity index (χ2v) is 5.77.